The first-order valence-electron chi connectivity index (χ1n) is 4.41. The molecule has 0 aliphatic heterocycles. The van der Waals surface area contributed by atoms with E-state index in [9.17, 15) is 0 Å². The molecule has 0 spiro atoms. The Kier molecular flexibility index (Phi) is 1.68. The molecule has 0 aliphatic carbocycles. The Morgan fingerprint density at radius 1 is 1.07 bits per heavy atom. The second kappa shape index (κ2) is 3.13. The minimum absolute atomic E-state index is 0.441. The van der Waals surface area contributed by atoms with E-state index in [1.807, 2.05) is 12.1 Å². The zero-order chi connectivity index (χ0) is 10.1. The van der Waals surface area contributed by atoms with Gasteiger partial charge in [0.05, 0.1) is 6.20 Å². The molecule has 0 atom stereocenters. The van der Waals surface area contributed by atoms with Gasteiger partial charge >= 0.3 is 0 Å². The zero-order valence-corrected chi connectivity index (χ0v) is 7.66. The van der Waals surface area contributed by atoms with Gasteiger partial charge in [0, 0.05) is 18.6 Å². The topological polar surface area (TPSA) is 64.7 Å². The largest absolute Gasteiger partial charge is 0.416 e. The molecule has 0 fully saturated rings. The molecule has 3 heterocycles. The molecule has 3 aromatic heterocycles. The molecule has 0 radical (unpaired) electrons. The standard InChI is InChI=1S/C10H6N4O/c1-2-7-9(13-3-1)15-10(14-7)8-6-11-4-5-12-8/h1-6H. The number of oxazole rings is 1. The Morgan fingerprint density at radius 2 is 2.07 bits per heavy atom. The second-order valence-corrected chi connectivity index (χ2v) is 2.94. The maximum atomic E-state index is 5.43. The van der Waals surface area contributed by atoms with E-state index in [0.717, 1.165) is 5.52 Å². The summed E-state index contributed by atoms with van der Waals surface area (Å²) in [4.78, 5) is 16.3. The highest BCUT2D eigenvalue weighted by atomic mass is 16.4. The van der Waals surface area contributed by atoms with Gasteiger partial charge in [0.2, 0.25) is 11.6 Å². The maximum Gasteiger partial charge on any atom is 0.249 e. The minimum atomic E-state index is 0.441. The third-order valence-electron chi connectivity index (χ3n) is 1.95. The van der Waals surface area contributed by atoms with Crippen molar-refractivity contribution in [3.8, 4) is 11.6 Å². The lowest BCUT2D eigenvalue weighted by Crippen LogP contribution is -1.82. The molecule has 0 amide bonds. The van der Waals surface area contributed by atoms with E-state index < -0.39 is 0 Å². The predicted molar refractivity (Wildman–Crippen MR) is 52.8 cm³/mol. The molecule has 5 nitrogen and oxygen atoms in total. The van der Waals surface area contributed by atoms with E-state index in [1.165, 1.54) is 0 Å². The molecule has 0 aromatic carbocycles. The van der Waals surface area contributed by atoms with Crippen LogP contribution in [-0.2, 0) is 0 Å². The first kappa shape index (κ1) is 8.05. The third kappa shape index (κ3) is 1.34. The number of hydrogen-bond acceptors (Lipinski definition) is 5. The van der Waals surface area contributed by atoms with Crippen molar-refractivity contribution >= 4 is 11.2 Å². The van der Waals surface area contributed by atoms with E-state index in [2.05, 4.69) is 19.9 Å². The van der Waals surface area contributed by atoms with Crippen LogP contribution in [0.2, 0.25) is 0 Å². The third-order valence-corrected chi connectivity index (χ3v) is 1.95. The average Bonchev–Trinajstić information content (AvgIpc) is 2.74. The van der Waals surface area contributed by atoms with Crippen LogP contribution in [0.1, 0.15) is 0 Å². The Labute approximate surface area is 84.8 Å². The van der Waals surface area contributed by atoms with Crippen LogP contribution in [0.3, 0.4) is 0 Å². The van der Waals surface area contributed by atoms with Crippen LogP contribution in [0, 0.1) is 0 Å². The molecular weight excluding hydrogens is 192 g/mol. The lowest BCUT2D eigenvalue weighted by molar-refractivity contribution is 0.604. The number of hydrogen-bond donors (Lipinski definition) is 0. The van der Waals surface area contributed by atoms with E-state index in [1.54, 1.807) is 24.8 Å². The van der Waals surface area contributed by atoms with E-state index in [4.69, 9.17) is 4.42 Å². The van der Waals surface area contributed by atoms with Gasteiger partial charge in [0.15, 0.2) is 0 Å². The summed E-state index contributed by atoms with van der Waals surface area (Å²) in [6.07, 6.45) is 6.46. The molecule has 0 unspecified atom stereocenters. The van der Waals surface area contributed by atoms with Gasteiger partial charge in [-0.05, 0) is 12.1 Å². The van der Waals surface area contributed by atoms with Gasteiger partial charge in [-0.1, -0.05) is 0 Å². The van der Waals surface area contributed by atoms with Crippen molar-refractivity contribution in [3.05, 3.63) is 36.9 Å². The fraction of sp³-hybridized carbons (Fsp3) is 0. The summed E-state index contributed by atoms with van der Waals surface area (Å²) in [6.45, 7) is 0. The molecule has 15 heavy (non-hydrogen) atoms. The summed E-state index contributed by atoms with van der Waals surface area (Å²) < 4.78 is 5.43. The van der Waals surface area contributed by atoms with Crippen molar-refractivity contribution in [3.63, 3.8) is 0 Å². The Morgan fingerprint density at radius 3 is 2.87 bits per heavy atom. The zero-order valence-electron chi connectivity index (χ0n) is 7.66. The van der Waals surface area contributed by atoms with Crippen LogP contribution in [0.25, 0.3) is 22.8 Å². The van der Waals surface area contributed by atoms with Crippen molar-refractivity contribution in [1.29, 1.82) is 0 Å². The first-order chi connectivity index (χ1) is 7.43. The summed E-state index contributed by atoms with van der Waals surface area (Å²) >= 11 is 0. The van der Waals surface area contributed by atoms with E-state index in [-0.39, 0.29) is 0 Å². The van der Waals surface area contributed by atoms with Gasteiger partial charge in [-0.15, -0.1) is 0 Å². The molecular formula is C10H6N4O. The quantitative estimate of drug-likeness (QED) is 0.595. The summed E-state index contributed by atoms with van der Waals surface area (Å²) in [5.74, 6) is 0.441. The number of rotatable bonds is 1. The van der Waals surface area contributed by atoms with Crippen LogP contribution >= 0.6 is 0 Å². The van der Waals surface area contributed by atoms with Crippen molar-refractivity contribution in [2.75, 3.05) is 0 Å². The SMILES string of the molecule is c1cnc2oc(-c3cnccn3)nc2c1. The van der Waals surface area contributed by atoms with Crippen LogP contribution in [0.5, 0.6) is 0 Å². The molecule has 0 N–H and O–H groups in total. The molecule has 3 rings (SSSR count). The lowest BCUT2D eigenvalue weighted by atomic mass is 10.4. The smallest absolute Gasteiger partial charge is 0.249 e. The summed E-state index contributed by atoms with van der Waals surface area (Å²) in [5, 5.41) is 0. The number of aromatic nitrogens is 4. The Hall–Kier alpha value is -2.30. The lowest BCUT2D eigenvalue weighted by Gasteiger charge is -1.89. The average molecular weight is 198 g/mol. The molecule has 72 valence electrons. The maximum absolute atomic E-state index is 5.43. The van der Waals surface area contributed by atoms with Gasteiger partial charge in [0.1, 0.15) is 11.2 Å². The van der Waals surface area contributed by atoms with Gasteiger partial charge in [-0.25, -0.2) is 15.0 Å². The second-order valence-electron chi connectivity index (χ2n) is 2.94. The van der Waals surface area contributed by atoms with Crippen molar-refractivity contribution in [2.45, 2.75) is 0 Å². The van der Waals surface area contributed by atoms with Crippen LogP contribution in [0.15, 0.2) is 41.3 Å². The van der Waals surface area contributed by atoms with Gasteiger partial charge in [0.25, 0.3) is 0 Å². The number of nitrogens with zero attached hydrogens (tertiary/aromatic N) is 4. The van der Waals surface area contributed by atoms with Crippen LogP contribution in [-0.4, -0.2) is 19.9 Å². The molecule has 3 aromatic rings. The highest BCUT2D eigenvalue weighted by Crippen LogP contribution is 2.19. The highest BCUT2D eigenvalue weighted by molar-refractivity contribution is 5.71. The number of pyridine rings is 1. The molecule has 0 saturated heterocycles. The van der Waals surface area contributed by atoms with E-state index >= 15 is 0 Å². The fourth-order valence-electron chi connectivity index (χ4n) is 1.29. The molecule has 0 bridgehead atoms. The molecule has 0 aliphatic rings. The Bertz CT molecular complexity index is 557. The van der Waals surface area contributed by atoms with Gasteiger partial charge in [-0.3, -0.25) is 4.98 Å². The molecule has 0 saturated carbocycles. The monoisotopic (exact) mass is 198 g/mol. The van der Waals surface area contributed by atoms with Crippen LogP contribution < -0.4 is 0 Å². The van der Waals surface area contributed by atoms with Crippen molar-refractivity contribution < 1.29 is 4.42 Å². The first-order valence-corrected chi connectivity index (χ1v) is 4.41. The van der Waals surface area contributed by atoms with Crippen molar-refractivity contribution in [1.82, 2.24) is 19.9 Å². The predicted octanol–water partition coefficient (Wildman–Crippen LogP) is 1.68. The Balaban J connectivity index is 2.21. The van der Waals surface area contributed by atoms with Crippen LogP contribution in [0.4, 0.5) is 0 Å². The summed E-state index contributed by atoms with van der Waals surface area (Å²) in [6, 6.07) is 3.65. The summed E-state index contributed by atoms with van der Waals surface area (Å²) in [5.41, 5.74) is 1.84. The van der Waals surface area contributed by atoms with Gasteiger partial charge in [-0.2, -0.15) is 0 Å². The highest BCUT2D eigenvalue weighted by Gasteiger charge is 2.08. The number of fused-ring (bicyclic) bond motifs is 1. The summed E-state index contributed by atoms with van der Waals surface area (Å²) in [7, 11) is 0. The van der Waals surface area contributed by atoms with Gasteiger partial charge < -0.3 is 4.42 Å². The van der Waals surface area contributed by atoms with Crippen molar-refractivity contribution in [2.24, 2.45) is 0 Å². The minimum Gasteiger partial charge on any atom is -0.416 e. The molecule has 5 heteroatoms. The normalized spacial score (nSPS) is 10.7. The van der Waals surface area contributed by atoms with E-state index in [0.29, 0.717) is 17.3 Å². The fourth-order valence-corrected chi connectivity index (χ4v) is 1.29.